The van der Waals surface area contributed by atoms with Gasteiger partial charge in [-0.05, 0) is 152 Å². The zero-order valence-corrected chi connectivity index (χ0v) is 28.2. The number of ether oxygens (including phenoxy) is 3. The molecule has 222 valence electrons. The summed E-state index contributed by atoms with van der Waals surface area (Å²) in [6.45, 7) is 0. The van der Waals surface area contributed by atoms with E-state index < -0.39 is 0 Å². The van der Waals surface area contributed by atoms with E-state index in [0.717, 1.165) is 56.0 Å². The summed E-state index contributed by atoms with van der Waals surface area (Å²) in [6, 6.07) is 20.9. The molecule has 0 saturated heterocycles. The standard InChI is InChI=1S/C34H32Br3N3O3/c35-25-5-1-21(12-28(25)38)41-31-8-4-24(34-15-18-9-19(16-34)11-20(10-18)17-34)32(42-22-2-6-26(36)29(39)13-22)33(31)43-23-3-7-27(37)30(40)14-23/h1-8,12-14,18-20H,9-11,15-17,38-40H2. The highest BCUT2D eigenvalue weighted by molar-refractivity contribution is 9.11. The molecule has 4 aromatic carbocycles. The number of anilines is 3. The van der Waals surface area contributed by atoms with Crippen LogP contribution in [0.2, 0.25) is 0 Å². The number of benzene rings is 4. The predicted molar refractivity (Wildman–Crippen MR) is 182 cm³/mol. The largest absolute Gasteiger partial charge is 0.453 e. The first-order chi connectivity index (χ1) is 20.7. The van der Waals surface area contributed by atoms with Gasteiger partial charge in [0.25, 0.3) is 0 Å². The molecule has 4 fully saturated rings. The predicted octanol–water partition coefficient (Wildman–Crippen LogP) is 10.6. The molecule has 4 aliphatic carbocycles. The Morgan fingerprint density at radius 2 is 0.953 bits per heavy atom. The third kappa shape index (κ3) is 5.60. The zero-order valence-electron chi connectivity index (χ0n) is 23.4. The number of nitrogens with two attached hydrogens (primary N) is 3. The van der Waals surface area contributed by atoms with Crippen LogP contribution in [0.1, 0.15) is 44.1 Å². The third-order valence-corrected chi connectivity index (χ3v) is 11.4. The zero-order chi connectivity index (χ0) is 29.9. The molecular weight excluding hydrogens is 738 g/mol. The van der Waals surface area contributed by atoms with Gasteiger partial charge in [-0.2, -0.15) is 0 Å². The molecule has 0 radical (unpaired) electrons. The Bertz CT molecular complexity index is 1690. The van der Waals surface area contributed by atoms with Gasteiger partial charge in [0.1, 0.15) is 17.2 Å². The van der Waals surface area contributed by atoms with Gasteiger partial charge in [0, 0.05) is 54.2 Å². The van der Waals surface area contributed by atoms with Crippen molar-refractivity contribution in [3.8, 4) is 34.5 Å². The molecule has 4 aliphatic rings. The summed E-state index contributed by atoms with van der Waals surface area (Å²) in [5.41, 5.74) is 21.7. The molecular formula is C34H32Br3N3O3. The summed E-state index contributed by atoms with van der Waals surface area (Å²) < 4.78 is 22.4. The lowest BCUT2D eigenvalue weighted by Gasteiger charge is -2.57. The van der Waals surface area contributed by atoms with Crippen molar-refractivity contribution < 1.29 is 14.2 Å². The highest BCUT2D eigenvalue weighted by Gasteiger charge is 2.53. The maximum Gasteiger partial charge on any atom is 0.212 e. The molecule has 4 bridgehead atoms. The quantitative estimate of drug-likeness (QED) is 0.162. The first kappa shape index (κ1) is 28.9. The highest BCUT2D eigenvalue weighted by Crippen LogP contribution is 2.64. The second kappa shape index (κ2) is 11.2. The molecule has 6 N–H and O–H groups in total. The molecule has 43 heavy (non-hydrogen) atoms. The summed E-state index contributed by atoms with van der Waals surface area (Å²) >= 11 is 10.5. The number of rotatable bonds is 7. The van der Waals surface area contributed by atoms with Crippen LogP contribution in [0.25, 0.3) is 0 Å². The maximum absolute atomic E-state index is 6.83. The second-order valence-electron chi connectivity index (χ2n) is 12.3. The molecule has 6 nitrogen and oxygen atoms in total. The first-order valence-electron chi connectivity index (χ1n) is 14.5. The fourth-order valence-electron chi connectivity index (χ4n) is 7.80. The number of hydrogen-bond donors (Lipinski definition) is 3. The van der Waals surface area contributed by atoms with Crippen molar-refractivity contribution in [2.75, 3.05) is 17.2 Å². The number of hydrogen-bond acceptors (Lipinski definition) is 6. The molecule has 0 aliphatic heterocycles. The minimum atomic E-state index is 0.0163. The lowest BCUT2D eigenvalue weighted by atomic mass is 9.48. The van der Waals surface area contributed by atoms with Crippen molar-refractivity contribution in [2.45, 2.75) is 43.9 Å². The molecule has 0 amide bonds. The van der Waals surface area contributed by atoms with Crippen molar-refractivity contribution in [1.29, 1.82) is 0 Å². The van der Waals surface area contributed by atoms with E-state index >= 15 is 0 Å². The van der Waals surface area contributed by atoms with Crippen LogP contribution in [-0.4, -0.2) is 0 Å². The van der Waals surface area contributed by atoms with E-state index in [1.54, 1.807) is 12.1 Å². The van der Waals surface area contributed by atoms with Gasteiger partial charge in [0.15, 0.2) is 11.5 Å². The summed E-state index contributed by atoms with van der Waals surface area (Å²) in [7, 11) is 0. The van der Waals surface area contributed by atoms with E-state index in [1.807, 2.05) is 48.5 Å². The average Bonchev–Trinajstić information content (AvgIpc) is 2.95. The van der Waals surface area contributed by atoms with Gasteiger partial charge in [-0.25, -0.2) is 0 Å². The van der Waals surface area contributed by atoms with Crippen LogP contribution in [0.5, 0.6) is 34.5 Å². The molecule has 0 unspecified atom stereocenters. The van der Waals surface area contributed by atoms with Crippen LogP contribution in [0.4, 0.5) is 17.1 Å². The summed E-state index contributed by atoms with van der Waals surface area (Å²) in [5, 5.41) is 0. The average molecular weight is 770 g/mol. The maximum atomic E-state index is 6.83. The van der Waals surface area contributed by atoms with E-state index in [9.17, 15) is 0 Å². The number of nitrogen functional groups attached to an aromatic ring is 3. The van der Waals surface area contributed by atoms with Crippen molar-refractivity contribution in [3.63, 3.8) is 0 Å². The lowest BCUT2D eigenvalue weighted by molar-refractivity contribution is -0.00610. The molecule has 0 aromatic heterocycles. The Balaban J connectivity index is 1.41. The van der Waals surface area contributed by atoms with Crippen LogP contribution < -0.4 is 31.4 Å². The molecule has 0 spiro atoms. The van der Waals surface area contributed by atoms with Crippen molar-refractivity contribution in [1.82, 2.24) is 0 Å². The van der Waals surface area contributed by atoms with Gasteiger partial charge in [-0.1, -0.05) is 6.07 Å². The molecule has 4 saturated carbocycles. The SMILES string of the molecule is Nc1cc(Oc2ccc(C34CC5CC(CC(C5)C3)C4)c(Oc3ccc(Br)c(N)c3)c2Oc2ccc(Br)c(N)c2)ccc1Br. The van der Waals surface area contributed by atoms with Crippen LogP contribution >= 0.6 is 47.8 Å². The summed E-state index contributed by atoms with van der Waals surface area (Å²) in [5.74, 6) is 5.67. The van der Waals surface area contributed by atoms with Gasteiger partial charge in [0.2, 0.25) is 5.75 Å². The van der Waals surface area contributed by atoms with Gasteiger partial charge in [-0.15, -0.1) is 0 Å². The van der Waals surface area contributed by atoms with E-state index in [-0.39, 0.29) is 5.41 Å². The Labute approximate surface area is 276 Å². The van der Waals surface area contributed by atoms with Crippen molar-refractivity contribution in [2.24, 2.45) is 17.8 Å². The normalized spacial score (nSPS) is 23.7. The Hall–Kier alpha value is -2.88. The topological polar surface area (TPSA) is 106 Å². The van der Waals surface area contributed by atoms with Gasteiger partial charge >= 0.3 is 0 Å². The van der Waals surface area contributed by atoms with E-state index in [1.165, 1.54) is 19.3 Å². The van der Waals surface area contributed by atoms with E-state index in [2.05, 4.69) is 53.9 Å². The summed E-state index contributed by atoms with van der Waals surface area (Å²) in [6.07, 6.45) is 7.50. The lowest BCUT2D eigenvalue weighted by Crippen LogP contribution is -2.48. The van der Waals surface area contributed by atoms with Gasteiger partial charge in [0.05, 0.1) is 0 Å². The van der Waals surface area contributed by atoms with E-state index in [0.29, 0.717) is 51.6 Å². The fourth-order valence-corrected chi connectivity index (χ4v) is 8.54. The molecule has 9 heteroatoms. The van der Waals surface area contributed by atoms with Crippen LogP contribution in [-0.2, 0) is 5.41 Å². The van der Waals surface area contributed by atoms with E-state index in [4.69, 9.17) is 31.4 Å². The summed E-state index contributed by atoms with van der Waals surface area (Å²) in [4.78, 5) is 0. The van der Waals surface area contributed by atoms with Crippen LogP contribution in [0.3, 0.4) is 0 Å². The van der Waals surface area contributed by atoms with Gasteiger partial charge in [-0.3, -0.25) is 0 Å². The molecule has 0 atom stereocenters. The fraction of sp³-hybridized carbons (Fsp3) is 0.294. The first-order valence-corrected chi connectivity index (χ1v) is 16.9. The highest BCUT2D eigenvalue weighted by atomic mass is 79.9. The van der Waals surface area contributed by atoms with Crippen molar-refractivity contribution in [3.05, 3.63) is 85.7 Å². The Kier molecular flexibility index (Phi) is 7.54. The monoisotopic (exact) mass is 767 g/mol. The van der Waals surface area contributed by atoms with Gasteiger partial charge < -0.3 is 31.4 Å². The number of halogens is 3. The minimum absolute atomic E-state index is 0.0163. The molecule has 0 heterocycles. The molecule has 8 rings (SSSR count). The van der Waals surface area contributed by atoms with Crippen LogP contribution in [0, 0.1) is 17.8 Å². The minimum Gasteiger partial charge on any atom is -0.453 e. The Morgan fingerprint density at radius 1 is 0.535 bits per heavy atom. The third-order valence-electron chi connectivity index (χ3n) is 9.26. The Morgan fingerprint density at radius 3 is 1.40 bits per heavy atom. The smallest absolute Gasteiger partial charge is 0.212 e. The van der Waals surface area contributed by atoms with Crippen molar-refractivity contribution >= 4 is 64.9 Å². The van der Waals surface area contributed by atoms with Crippen LogP contribution in [0.15, 0.2) is 80.1 Å². The second-order valence-corrected chi connectivity index (χ2v) is 14.9. The molecule has 4 aromatic rings.